The van der Waals surface area contributed by atoms with E-state index in [9.17, 15) is 10.1 Å². The first-order chi connectivity index (χ1) is 14.2. The summed E-state index contributed by atoms with van der Waals surface area (Å²) in [6, 6.07) is 22.9. The van der Waals surface area contributed by atoms with Gasteiger partial charge in [-0.05, 0) is 24.8 Å². The molecule has 29 heavy (non-hydrogen) atoms. The van der Waals surface area contributed by atoms with Crippen molar-refractivity contribution in [2.45, 2.75) is 25.3 Å². The van der Waals surface area contributed by atoms with Crippen molar-refractivity contribution < 1.29 is 9.69 Å². The third kappa shape index (κ3) is 4.09. The normalized spacial score (nSPS) is 13.7. The highest BCUT2D eigenvalue weighted by Crippen LogP contribution is 2.38. The molecule has 1 unspecified atom stereocenters. The summed E-state index contributed by atoms with van der Waals surface area (Å²) in [5.74, 6) is -0.0595. The average molecular weight is 403 g/mol. The number of benzene rings is 2. The molecule has 0 saturated carbocycles. The van der Waals surface area contributed by atoms with Crippen LogP contribution in [0, 0.1) is 11.3 Å². The number of anilines is 1. The third-order valence-corrected chi connectivity index (χ3v) is 6.69. The van der Waals surface area contributed by atoms with E-state index in [0.717, 1.165) is 29.7 Å². The first-order valence-corrected chi connectivity index (χ1v) is 10.8. The summed E-state index contributed by atoms with van der Waals surface area (Å²) < 4.78 is 0. The largest absolute Gasteiger partial charge is 0.320 e. The summed E-state index contributed by atoms with van der Waals surface area (Å²) in [6.07, 6.45) is 3.06. The third-order valence-electron chi connectivity index (χ3n) is 5.48. The fourth-order valence-electron chi connectivity index (χ4n) is 4.19. The van der Waals surface area contributed by atoms with Gasteiger partial charge in [-0.2, -0.15) is 5.26 Å². The van der Waals surface area contributed by atoms with Crippen LogP contribution in [-0.4, -0.2) is 19.5 Å². The second-order valence-corrected chi connectivity index (χ2v) is 8.60. The molecule has 1 aliphatic rings. The molecule has 1 atom stereocenters. The van der Waals surface area contributed by atoms with Crippen LogP contribution in [0.1, 0.15) is 39.6 Å². The fourth-order valence-corrected chi connectivity index (χ4v) is 5.45. The van der Waals surface area contributed by atoms with Crippen LogP contribution >= 0.6 is 11.3 Å². The average Bonchev–Trinajstić information content (AvgIpc) is 3.30. The number of carbonyl (C=O) groups is 1. The number of likely N-dealkylation sites (N-methyl/N-ethyl adjacent to an activating group) is 1. The zero-order valence-electron chi connectivity index (χ0n) is 16.4. The van der Waals surface area contributed by atoms with Gasteiger partial charge in [0.05, 0.1) is 12.6 Å². The minimum absolute atomic E-state index is 0.0595. The van der Waals surface area contributed by atoms with Crippen molar-refractivity contribution in [1.82, 2.24) is 0 Å². The van der Waals surface area contributed by atoms with Gasteiger partial charge >= 0.3 is 0 Å². The second-order valence-electron chi connectivity index (χ2n) is 7.50. The van der Waals surface area contributed by atoms with Crippen molar-refractivity contribution in [2.75, 3.05) is 18.9 Å². The monoisotopic (exact) mass is 402 g/mol. The van der Waals surface area contributed by atoms with E-state index in [1.54, 1.807) is 11.3 Å². The summed E-state index contributed by atoms with van der Waals surface area (Å²) in [4.78, 5) is 15.2. The Balaban J connectivity index is 1.53. The number of nitriles is 1. The lowest BCUT2D eigenvalue weighted by molar-refractivity contribution is -0.897. The Labute approximate surface area is 175 Å². The number of hydrogen-bond acceptors (Lipinski definition) is 3. The van der Waals surface area contributed by atoms with Gasteiger partial charge in [0.2, 0.25) is 0 Å². The van der Waals surface area contributed by atoms with Crippen molar-refractivity contribution in [2.24, 2.45) is 0 Å². The molecule has 5 heteroatoms. The van der Waals surface area contributed by atoms with E-state index in [4.69, 9.17) is 0 Å². The highest BCUT2D eigenvalue weighted by atomic mass is 32.1. The fraction of sp³-hybridized carbons (Fsp3) is 0.250. The molecule has 1 aromatic heterocycles. The van der Waals surface area contributed by atoms with Crippen molar-refractivity contribution in [3.63, 3.8) is 0 Å². The number of nitrogens with zero attached hydrogens (tertiary/aromatic N) is 1. The summed E-state index contributed by atoms with van der Waals surface area (Å²) in [7, 11) is 2.05. The molecule has 4 rings (SSSR count). The van der Waals surface area contributed by atoms with E-state index in [1.807, 2.05) is 43.4 Å². The first kappa shape index (κ1) is 19.4. The van der Waals surface area contributed by atoms with E-state index in [-0.39, 0.29) is 11.9 Å². The number of quaternary nitrogens is 1. The Morgan fingerprint density at radius 3 is 2.31 bits per heavy atom. The van der Waals surface area contributed by atoms with Gasteiger partial charge in [-0.25, -0.2) is 0 Å². The van der Waals surface area contributed by atoms with Gasteiger partial charge in [-0.1, -0.05) is 60.7 Å². The van der Waals surface area contributed by atoms with Crippen LogP contribution < -0.4 is 10.2 Å². The number of amides is 1. The van der Waals surface area contributed by atoms with Gasteiger partial charge in [-0.3, -0.25) is 4.79 Å². The Kier molecular flexibility index (Phi) is 5.75. The Hall–Kier alpha value is -2.94. The predicted molar refractivity (Wildman–Crippen MR) is 116 cm³/mol. The van der Waals surface area contributed by atoms with Gasteiger partial charge in [-0.15, -0.1) is 11.3 Å². The zero-order chi connectivity index (χ0) is 20.2. The van der Waals surface area contributed by atoms with E-state index in [2.05, 4.69) is 35.7 Å². The molecule has 1 aliphatic carbocycles. The number of fused-ring (bicyclic) bond motifs is 1. The van der Waals surface area contributed by atoms with Crippen LogP contribution in [0.5, 0.6) is 0 Å². The lowest BCUT2D eigenvalue weighted by Crippen LogP contribution is -3.10. The SMILES string of the molecule is C[NH+](CC(=O)Nc1sc2c(c1C#N)CCC2)C(c1ccccc1)c1ccccc1. The molecule has 0 spiro atoms. The first-order valence-electron chi connectivity index (χ1n) is 9.94. The van der Waals surface area contributed by atoms with Gasteiger partial charge in [0.1, 0.15) is 17.1 Å². The topological polar surface area (TPSA) is 57.3 Å². The van der Waals surface area contributed by atoms with E-state index >= 15 is 0 Å². The summed E-state index contributed by atoms with van der Waals surface area (Å²) in [5.41, 5.74) is 4.16. The van der Waals surface area contributed by atoms with Gasteiger partial charge in [0.25, 0.3) is 5.91 Å². The van der Waals surface area contributed by atoms with E-state index in [0.29, 0.717) is 17.1 Å². The lowest BCUT2D eigenvalue weighted by atomic mass is 9.97. The number of aryl methyl sites for hydroxylation is 1. The highest BCUT2D eigenvalue weighted by molar-refractivity contribution is 7.16. The van der Waals surface area contributed by atoms with E-state index in [1.165, 1.54) is 16.0 Å². The number of nitrogens with one attached hydrogen (secondary N) is 2. The molecular formula is C24H24N3OS+. The molecule has 0 bridgehead atoms. The number of rotatable bonds is 6. The molecule has 2 N–H and O–H groups in total. The maximum Gasteiger partial charge on any atom is 0.280 e. The van der Waals surface area contributed by atoms with Crippen LogP contribution in [0.2, 0.25) is 0 Å². The molecule has 1 amide bonds. The molecular weight excluding hydrogens is 378 g/mol. The van der Waals surface area contributed by atoms with Crippen LogP contribution in [0.15, 0.2) is 60.7 Å². The Morgan fingerprint density at radius 2 is 1.72 bits per heavy atom. The number of thiophene rings is 1. The maximum absolute atomic E-state index is 12.9. The van der Waals surface area contributed by atoms with Crippen LogP contribution in [0.25, 0.3) is 0 Å². The summed E-state index contributed by atoms with van der Waals surface area (Å²) in [6.45, 7) is 0.321. The van der Waals surface area contributed by atoms with Crippen LogP contribution in [0.4, 0.5) is 5.00 Å². The lowest BCUT2D eigenvalue weighted by Gasteiger charge is -2.25. The predicted octanol–water partition coefficient (Wildman–Crippen LogP) is 3.35. The van der Waals surface area contributed by atoms with E-state index < -0.39 is 0 Å². The highest BCUT2D eigenvalue weighted by Gasteiger charge is 2.27. The zero-order valence-corrected chi connectivity index (χ0v) is 17.3. The molecule has 1 heterocycles. The molecule has 0 aliphatic heterocycles. The molecule has 3 aromatic rings. The molecule has 0 saturated heterocycles. The molecule has 2 aromatic carbocycles. The minimum Gasteiger partial charge on any atom is -0.320 e. The van der Waals surface area contributed by atoms with Crippen molar-refractivity contribution in [3.05, 3.63) is 87.8 Å². The van der Waals surface area contributed by atoms with Crippen molar-refractivity contribution in [1.29, 1.82) is 5.26 Å². The molecule has 0 fully saturated rings. The van der Waals surface area contributed by atoms with Gasteiger partial charge in [0, 0.05) is 16.0 Å². The number of carbonyl (C=O) groups excluding carboxylic acids is 1. The minimum atomic E-state index is -0.0595. The van der Waals surface area contributed by atoms with Crippen molar-refractivity contribution in [3.8, 4) is 6.07 Å². The van der Waals surface area contributed by atoms with Crippen molar-refractivity contribution >= 4 is 22.2 Å². The summed E-state index contributed by atoms with van der Waals surface area (Å²) >= 11 is 1.57. The smallest absolute Gasteiger partial charge is 0.280 e. The molecule has 146 valence electrons. The summed E-state index contributed by atoms with van der Waals surface area (Å²) in [5, 5.41) is 13.3. The van der Waals surface area contributed by atoms with Gasteiger partial charge < -0.3 is 10.2 Å². The van der Waals surface area contributed by atoms with Gasteiger partial charge in [0.15, 0.2) is 6.54 Å². The Morgan fingerprint density at radius 1 is 1.10 bits per heavy atom. The Bertz CT molecular complexity index is 998. The standard InChI is InChI=1S/C24H23N3OS/c1-27(23(17-9-4-2-5-10-17)18-11-6-3-7-12-18)16-22(28)26-24-20(15-25)19-13-8-14-21(19)29-24/h2-7,9-12,23H,8,13-14,16H2,1H3,(H,26,28)/p+1. The number of hydrogen-bond donors (Lipinski definition) is 2. The maximum atomic E-state index is 12.9. The molecule has 4 nitrogen and oxygen atoms in total. The second kappa shape index (κ2) is 8.60. The molecule has 0 radical (unpaired) electrons. The quantitative estimate of drug-likeness (QED) is 0.664. The van der Waals surface area contributed by atoms with Crippen LogP contribution in [-0.2, 0) is 17.6 Å². The van der Waals surface area contributed by atoms with Crippen LogP contribution in [0.3, 0.4) is 0 Å².